The maximum Gasteiger partial charge on any atom is 0.206 e. The minimum atomic E-state index is -3.69. The Morgan fingerprint density at radius 2 is 1.87 bits per heavy atom. The van der Waals surface area contributed by atoms with Crippen LogP contribution in [0.1, 0.15) is 23.5 Å². The fourth-order valence-corrected chi connectivity index (χ4v) is 4.61. The summed E-state index contributed by atoms with van der Waals surface area (Å²) in [5.41, 5.74) is 2.18. The molecule has 1 fully saturated rings. The van der Waals surface area contributed by atoms with E-state index in [1.54, 1.807) is 12.1 Å². The summed E-state index contributed by atoms with van der Waals surface area (Å²) in [5, 5.41) is 0. The van der Waals surface area contributed by atoms with Crippen molar-refractivity contribution in [1.82, 2.24) is 4.90 Å². The first kappa shape index (κ1) is 16.1. The lowest BCUT2D eigenvalue weighted by Crippen LogP contribution is -2.13. The van der Waals surface area contributed by atoms with E-state index in [0.717, 1.165) is 31.1 Å². The minimum absolute atomic E-state index is 0.00903. The minimum Gasteiger partial charge on any atom is -0.306 e. The molecule has 0 aliphatic carbocycles. The zero-order valence-corrected chi connectivity index (χ0v) is 14.1. The van der Waals surface area contributed by atoms with Gasteiger partial charge in [0.1, 0.15) is 5.82 Å². The van der Waals surface area contributed by atoms with Crippen LogP contribution in [0.25, 0.3) is 0 Å². The van der Waals surface area contributed by atoms with Gasteiger partial charge in [0.15, 0.2) is 0 Å². The van der Waals surface area contributed by atoms with E-state index in [2.05, 4.69) is 11.9 Å². The Labute approximate surface area is 136 Å². The highest BCUT2D eigenvalue weighted by atomic mass is 32.2. The number of halogens is 1. The van der Waals surface area contributed by atoms with Gasteiger partial charge in [-0.1, -0.05) is 12.1 Å². The molecule has 1 aliphatic rings. The summed E-state index contributed by atoms with van der Waals surface area (Å²) in [6.45, 7) is 4.00. The highest BCUT2D eigenvalue weighted by Crippen LogP contribution is 2.31. The molecule has 1 heterocycles. The van der Waals surface area contributed by atoms with Gasteiger partial charge in [-0.25, -0.2) is 12.8 Å². The zero-order valence-electron chi connectivity index (χ0n) is 13.3. The van der Waals surface area contributed by atoms with Crippen molar-refractivity contribution in [2.24, 2.45) is 0 Å². The SMILES string of the molecule is Cc1cc(S(=O)(=O)c2cccc(F)c2)ccc1[C@@H]1CCN(C)C1. The molecule has 5 heteroatoms. The summed E-state index contributed by atoms with van der Waals surface area (Å²) in [6.07, 6.45) is 1.09. The van der Waals surface area contributed by atoms with Crippen LogP contribution in [0.4, 0.5) is 4.39 Å². The van der Waals surface area contributed by atoms with E-state index < -0.39 is 15.7 Å². The van der Waals surface area contributed by atoms with Gasteiger partial charge >= 0.3 is 0 Å². The lowest BCUT2D eigenvalue weighted by Gasteiger charge is -2.15. The van der Waals surface area contributed by atoms with Crippen LogP contribution in [-0.2, 0) is 9.84 Å². The van der Waals surface area contributed by atoms with E-state index in [0.29, 0.717) is 5.92 Å². The topological polar surface area (TPSA) is 37.4 Å². The van der Waals surface area contributed by atoms with Gasteiger partial charge in [0.25, 0.3) is 0 Å². The number of rotatable bonds is 3. The first-order valence-electron chi connectivity index (χ1n) is 7.67. The first-order valence-corrected chi connectivity index (χ1v) is 9.16. The third-order valence-corrected chi connectivity index (χ3v) is 6.24. The third-order valence-electron chi connectivity index (χ3n) is 4.49. The van der Waals surface area contributed by atoms with Crippen molar-refractivity contribution in [3.8, 4) is 0 Å². The molecular weight excluding hydrogens is 313 g/mol. The molecule has 0 aromatic heterocycles. The summed E-state index contributed by atoms with van der Waals surface area (Å²) in [6, 6.07) is 10.4. The summed E-state index contributed by atoms with van der Waals surface area (Å²) in [7, 11) is -1.59. The molecule has 0 bridgehead atoms. The lowest BCUT2D eigenvalue weighted by molar-refractivity contribution is 0.411. The van der Waals surface area contributed by atoms with E-state index in [-0.39, 0.29) is 9.79 Å². The molecule has 2 aromatic rings. The number of likely N-dealkylation sites (N-methyl/N-ethyl adjacent to an activating group) is 1. The normalized spacial score (nSPS) is 19.2. The highest BCUT2D eigenvalue weighted by Gasteiger charge is 2.24. The molecule has 0 unspecified atom stereocenters. The van der Waals surface area contributed by atoms with Crippen molar-refractivity contribution in [1.29, 1.82) is 0 Å². The molecule has 0 amide bonds. The van der Waals surface area contributed by atoms with E-state index >= 15 is 0 Å². The molecule has 0 spiro atoms. The second-order valence-corrected chi connectivity index (χ2v) is 8.18. The van der Waals surface area contributed by atoms with Gasteiger partial charge in [0.05, 0.1) is 9.79 Å². The zero-order chi connectivity index (χ0) is 16.6. The number of hydrogen-bond donors (Lipinski definition) is 0. The molecule has 1 saturated heterocycles. The Hall–Kier alpha value is -1.72. The number of aryl methyl sites for hydroxylation is 1. The number of likely N-dealkylation sites (tertiary alicyclic amines) is 1. The molecule has 1 atom stereocenters. The molecule has 23 heavy (non-hydrogen) atoms. The monoisotopic (exact) mass is 333 g/mol. The summed E-state index contributed by atoms with van der Waals surface area (Å²) in [4.78, 5) is 2.49. The van der Waals surface area contributed by atoms with Crippen molar-refractivity contribution in [2.45, 2.75) is 29.1 Å². The molecule has 0 N–H and O–H groups in total. The fourth-order valence-electron chi connectivity index (χ4n) is 3.23. The average Bonchev–Trinajstić information content (AvgIpc) is 2.93. The van der Waals surface area contributed by atoms with Crippen LogP contribution in [0.15, 0.2) is 52.3 Å². The van der Waals surface area contributed by atoms with Crippen molar-refractivity contribution >= 4 is 9.84 Å². The maximum atomic E-state index is 13.3. The second kappa shape index (κ2) is 6.06. The van der Waals surface area contributed by atoms with Crippen molar-refractivity contribution in [3.63, 3.8) is 0 Å². The smallest absolute Gasteiger partial charge is 0.206 e. The van der Waals surface area contributed by atoms with Gasteiger partial charge < -0.3 is 4.90 Å². The first-order chi connectivity index (χ1) is 10.9. The van der Waals surface area contributed by atoms with Crippen molar-refractivity contribution in [2.75, 3.05) is 20.1 Å². The highest BCUT2D eigenvalue weighted by molar-refractivity contribution is 7.91. The van der Waals surface area contributed by atoms with Crippen LogP contribution in [0, 0.1) is 12.7 Å². The van der Waals surface area contributed by atoms with Gasteiger partial charge in [-0.05, 0) is 74.3 Å². The van der Waals surface area contributed by atoms with E-state index in [4.69, 9.17) is 0 Å². The molecule has 3 rings (SSSR count). The van der Waals surface area contributed by atoms with Gasteiger partial charge in [-0.15, -0.1) is 0 Å². The molecule has 0 saturated carbocycles. The van der Waals surface area contributed by atoms with E-state index in [9.17, 15) is 12.8 Å². The van der Waals surface area contributed by atoms with Crippen molar-refractivity contribution in [3.05, 3.63) is 59.4 Å². The van der Waals surface area contributed by atoms with E-state index in [1.807, 2.05) is 13.0 Å². The van der Waals surface area contributed by atoms with Gasteiger partial charge in [-0.3, -0.25) is 0 Å². The average molecular weight is 333 g/mol. The van der Waals surface area contributed by atoms with Gasteiger partial charge in [0, 0.05) is 6.54 Å². The number of benzene rings is 2. The van der Waals surface area contributed by atoms with Crippen LogP contribution >= 0.6 is 0 Å². The third kappa shape index (κ3) is 3.16. The molecule has 3 nitrogen and oxygen atoms in total. The lowest BCUT2D eigenvalue weighted by atomic mass is 9.94. The van der Waals surface area contributed by atoms with Crippen LogP contribution in [0.3, 0.4) is 0 Å². The van der Waals surface area contributed by atoms with E-state index in [1.165, 1.54) is 23.8 Å². The Kier molecular flexibility index (Phi) is 4.25. The predicted molar refractivity (Wildman–Crippen MR) is 87.9 cm³/mol. The van der Waals surface area contributed by atoms with Crippen LogP contribution in [0.5, 0.6) is 0 Å². The largest absolute Gasteiger partial charge is 0.306 e. The molecule has 2 aromatic carbocycles. The van der Waals surface area contributed by atoms with Crippen LogP contribution in [0.2, 0.25) is 0 Å². The van der Waals surface area contributed by atoms with Crippen molar-refractivity contribution < 1.29 is 12.8 Å². The number of sulfone groups is 1. The Morgan fingerprint density at radius 1 is 1.13 bits per heavy atom. The second-order valence-electron chi connectivity index (χ2n) is 6.23. The maximum absolute atomic E-state index is 13.3. The standard InChI is InChI=1S/C18H20FNO2S/c1-13-10-17(6-7-18(13)14-8-9-20(2)12-14)23(21,22)16-5-3-4-15(19)11-16/h3-7,10-11,14H,8-9,12H2,1-2H3/t14-/m1/s1. The number of hydrogen-bond acceptors (Lipinski definition) is 3. The quantitative estimate of drug-likeness (QED) is 0.864. The van der Waals surface area contributed by atoms with Gasteiger partial charge in [0.2, 0.25) is 9.84 Å². The summed E-state index contributed by atoms with van der Waals surface area (Å²) >= 11 is 0. The Balaban J connectivity index is 1.96. The predicted octanol–water partition coefficient (Wildman–Crippen LogP) is 3.39. The fraction of sp³-hybridized carbons (Fsp3) is 0.333. The molecule has 122 valence electrons. The Bertz CT molecular complexity index is 833. The van der Waals surface area contributed by atoms with Crippen LogP contribution in [-0.4, -0.2) is 33.5 Å². The molecule has 1 aliphatic heterocycles. The molecule has 0 radical (unpaired) electrons. The number of nitrogens with zero attached hydrogens (tertiary/aromatic N) is 1. The summed E-state index contributed by atoms with van der Waals surface area (Å²) < 4.78 is 38.6. The van der Waals surface area contributed by atoms with Gasteiger partial charge in [-0.2, -0.15) is 0 Å². The molecular formula is C18H20FNO2S. The summed E-state index contributed by atoms with van der Waals surface area (Å²) in [5.74, 6) is -0.0978. The van der Waals surface area contributed by atoms with Crippen LogP contribution < -0.4 is 0 Å². The Morgan fingerprint density at radius 3 is 2.48 bits per heavy atom.